The predicted octanol–water partition coefficient (Wildman–Crippen LogP) is 1.47. The van der Waals surface area contributed by atoms with Crippen LogP contribution >= 0.6 is 0 Å². The largest absolute Gasteiger partial charge is 0.395 e. The third-order valence-electron chi connectivity index (χ3n) is 3.47. The molecule has 0 spiro atoms. The van der Waals surface area contributed by atoms with Crippen molar-refractivity contribution in [3.05, 3.63) is 35.9 Å². The van der Waals surface area contributed by atoms with Crippen LogP contribution in [0.3, 0.4) is 0 Å². The summed E-state index contributed by atoms with van der Waals surface area (Å²) in [7, 11) is 2.07. The molecule has 1 aromatic rings. The Hall–Kier alpha value is -0.860. The van der Waals surface area contributed by atoms with E-state index in [2.05, 4.69) is 43.1 Å². The molecule has 14 heavy (non-hydrogen) atoms. The molecule has 1 saturated heterocycles. The SMILES string of the molecule is C[C@H]1[C@H](c2ccccc2)[C@H](CO)N1C. The van der Waals surface area contributed by atoms with Gasteiger partial charge in [0.25, 0.3) is 0 Å². The topological polar surface area (TPSA) is 23.5 Å². The molecule has 0 bridgehead atoms. The molecule has 1 aliphatic heterocycles. The van der Waals surface area contributed by atoms with Gasteiger partial charge in [0, 0.05) is 18.0 Å². The van der Waals surface area contributed by atoms with E-state index in [1.54, 1.807) is 0 Å². The van der Waals surface area contributed by atoms with E-state index >= 15 is 0 Å². The summed E-state index contributed by atoms with van der Waals surface area (Å²) in [6, 6.07) is 11.3. The number of benzene rings is 1. The quantitative estimate of drug-likeness (QED) is 0.765. The minimum absolute atomic E-state index is 0.250. The second-order valence-corrected chi connectivity index (χ2v) is 4.09. The second kappa shape index (κ2) is 3.71. The third kappa shape index (κ3) is 1.35. The van der Waals surface area contributed by atoms with Crippen LogP contribution < -0.4 is 0 Å². The van der Waals surface area contributed by atoms with Gasteiger partial charge in [-0.25, -0.2) is 0 Å². The summed E-state index contributed by atoms with van der Waals surface area (Å²) in [6.07, 6.45) is 0. The van der Waals surface area contributed by atoms with Crippen LogP contribution in [0.5, 0.6) is 0 Å². The Labute approximate surface area is 85.2 Å². The maximum absolute atomic E-state index is 9.26. The molecule has 0 amide bonds. The van der Waals surface area contributed by atoms with Gasteiger partial charge >= 0.3 is 0 Å². The van der Waals surface area contributed by atoms with Gasteiger partial charge in [0.2, 0.25) is 0 Å². The van der Waals surface area contributed by atoms with Crippen molar-refractivity contribution < 1.29 is 5.11 Å². The van der Waals surface area contributed by atoms with Crippen LogP contribution in [-0.2, 0) is 0 Å². The van der Waals surface area contributed by atoms with E-state index in [9.17, 15) is 5.11 Å². The standard InChI is InChI=1S/C12H17NO/c1-9-12(11(8-14)13(9)2)10-6-4-3-5-7-10/h3-7,9,11-12,14H,8H2,1-2H3/t9-,11-,12+/m0/s1. The van der Waals surface area contributed by atoms with Crippen LogP contribution in [0.25, 0.3) is 0 Å². The van der Waals surface area contributed by atoms with E-state index in [1.807, 2.05) is 6.07 Å². The summed E-state index contributed by atoms with van der Waals surface area (Å²) in [5, 5.41) is 9.26. The zero-order valence-corrected chi connectivity index (χ0v) is 8.72. The van der Waals surface area contributed by atoms with Crippen LogP contribution in [0.15, 0.2) is 30.3 Å². The Morgan fingerprint density at radius 1 is 1.29 bits per heavy atom. The minimum atomic E-state index is 0.250. The van der Waals surface area contributed by atoms with Gasteiger partial charge in [-0.05, 0) is 19.5 Å². The van der Waals surface area contributed by atoms with Crippen LogP contribution in [0.4, 0.5) is 0 Å². The number of hydrogen-bond donors (Lipinski definition) is 1. The van der Waals surface area contributed by atoms with Gasteiger partial charge in [0.05, 0.1) is 6.61 Å². The average molecular weight is 191 g/mol. The van der Waals surface area contributed by atoms with E-state index in [0.29, 0.717) is 18.0 Å². The average Bonchev–Trinajstić information content (AvgIpc) is 2.25. The monoisotopic (exact) mass is 191 g/mol. The van der Waals surface area contributed by atoms with Crippen molar-refractivity contribution in [2.75, 3.05) is 13.7 Å². The first kappa shape index (κ1) is 9.69. The van der Waals surface area contributed by atoms with Crippen LogP contribution in [0.1, 0.15) is 18.4 Å². The minimum Gasteiger partial charge on any atom is -0.395 e. The summed E-state index contributed by atoms with van der Waals surface area (Å²) < 4.78 is 0. The normalized spacial score (nSPS) is 32.6. The van der Waals surface area contributed by atoms with E-state index < -0.39 is 0 Å². The number of nitrogens with zero attached hydrogens (tertiary/aromatic N) is 1. The highest BCUT2D eigenvalue weighted by Crippen LogP contribution is 2.38. The molecule has 3 atom stereocenters. The molecule has 0 aliphatic carbocycles. The zero-order valence-electron chi connectivity index (χ0n) is 8.72. The van der Waals surface area contributed by atoms with Gasteiger partial charge in [-0.1, -0.05) is 30.3 Å². The van der Waals surface area contributed by atoms with Gasteiger partial charge in [0.15, 0.2) is 0 Å². The zero-order chi connectivity index (χ0) is 10.1. The molecule has 0 saturated carbocycles. The first-order valence-electron chi connectivity index (χ1n) is 5.13. The third-order valence-corrected chi connectivity index (χ3v) is 3.47. The number of rotatable bonds is 2. The van der Waals surface area contributed by atoms with Crippen molar-refractivity contribution in [2.45, 2.75) is 24.9 Å². The predicted molar refractivity (Wildman–Crippen MR) is 57.3 cm³/mol. The van der Waals surface area contributed by atoms with Gasteiger partial charge in [-0.3, -0.25) is 4.90 Å². The van der Waals surface area contributed by atoms with Crippen LogP contribution in [-0.4, -0.2) is 35.7 Å². The second-order valence-electron chi connectivity index (χ2n) is 4.09. The summed E-state index contributed by atoms with van der Waals surface area (Å²) >= 11 is 0. The first-order chi connectivity index (χ1) is 6.75. The van der Waals surface area contributed by atoms with Crippen molar-refractivity contribution in [1.82, 2.24) is 4.90 Å². The lowest BCUT2D eigenvalue weighted by atomic mass is 9.77. The lowest BCUT2D eigenvalue weighted by Crippen LogP contribution is -2.60. The van der Waals surface area contributed by atoms with E-state index in [0.717, 1.165) is 0 Å². The van der Waals surface area contributed by atoms with Crippen molar-refractivity contribution in [2.24, 2.45) is 0 Å². The highest BCUT2D eigenvalue weighted by molar-refractivity contribution is 5.26. The molecule has 2 heteroatoms. The van der Waals surface area contributed by atoms with E-state index in [4.69, 9.17) is 0 Å². The highest BCUT2D eigenvalue weighted by atomic mass is 16.3. The van der Waals surface area contributed by atoms with Crippen molar-refractivity contribution >= 4 is 0 Å². The molecule has 1 fully saturated rings. The fourth-order valence-electron chi connectivity index (χ4n) is 2.45. The summed E-state index contributed by atoms with van der Waals surface area (Å²) in [4.78, 5) is 2.23. The summed E-state index contributed by atoms with van der Waals surface area (Å²) in [5.74, 6) is 0.492. The lowest BCUT2D eigenvalue weighted by Gasteiger charge is -2.51. The Morgan fingerprint density at radius 2 is 1.93 bits per heavy atom. The molecule has 2 nitrogen and oxygen atoms in total. The Bertz CT molecular complexity index is 298. The Morgan fingerprint density at radius 3 is 2.50 bits per heavy atom. The molecule has 0 unspecified atom stereocenters. The smallest absolute Gasteiger partial charge is 0.0593 e. The fourth-order valence-corrected chi connectivity index (χ4v) is 2.45. The van der Waals surface area contributed by atoms with Gasteiger partial charge in [0.1, 0.15) is 0 Å². The van der Waals surface area contributed by atoms with Crippen LogP contribution in [0.2, 0.25) is 0 Å². The van der Waals surface area contributed by atoms with Crippen molar-refractivity contribution in [3.8, 4) is 0 Å². The van der Waals surface area contributed by atoms with Gasteiger partial charge < -0.3 is 5.11 Å². The van der Waals surface area contributed by atoms with E-state index in [-0.39, 0.29) is 6.61 Å². The van der Waals surface area contributed by atoms with Gasteiger partial charge in [-0.2, -0.15) is 0 Å². The number of aliphatic hydroxyl groups excluding tert-OH is 1. The summed E-state index contributed by atoms with van der Waals surface area (Å²) in [6.45, 7) is 2.46. The number of hydrogen-bond acceptors (Lipinski definition) is 2. The molecule has 1 aliphatic rings. The first-order valence-corrected chi connectivity index (χ1v) is 5.13. The van der Waals surface area contributed by atoms with Gasteiger partial charge in [-0.15, -0.1) is 0 Å². The molecule has 1 N–H and O–H groups in total. The highest BCUT2D eigenvalue weighted by Gasteiger charge is 2.43. The van der Waals surface area contributed by atoms with Crippen LogP contribution in [0, 0.1) is 0 Å². The Balaban J connectivity index is 2.19. The Kier molecular flexibility index (Phi) is 2.57. The molecule has 1 heterocycles. The summed E-state index contributed by atoms with van der Waals surface area (Å²) in [5.41, 5.74) is 1.34. The number of likely N-dealkylation sites (N-methyl/N-ethyl adjacent to an activating group) is 1. The molecule has 0 radical (unpaired) electrons. The molecule has 1 aromatic carbocycles. The number of likely N-dealkylation sites (tertiary alicyclic amines) is 1. The maximum atomic E-state index is 9.26. The lowest BCUT2D eigenvalue weighted by molar-refractivity contribution is -0.0122. The van der Waals surface area contributed by atoms with Crippen molar-refractivity contribution in [1.29, 1.82) is 0 Å². The fraction of sp³-hybridized carbons (Fsp3) is 0.500. The number of aliphatic hydroxyl groups is 1. The van der Waals surface area contributed by atoms with Crippen molar-refractivity contribution in [3.63, 3.8) is 0 Å². The molecule has 76 valence electrons. The molecule has 2 rings (SSSR count). The molecular weight excluding hydrogens is 174 g/mol. The maximum Gasteiger partial charge on any atom is 0.0593 e. The van der Waals surface area contributed by atoms with E-state index in [1.165, 1.54) is 5.56 Å². The molecular formula is C12H17NO. The molecule has 0 aromatic heterocycles.